The Morgan fingerprint density at radius 3 is 2.31 bits per heavy atom. The molecule has 2 aromatic rings. The van der Waals surface area contributed by atoms with Crippen LogP contribution in [0.1, 0.15) is 31.2 Å². The standard InChI is InChI=1S/C21H30N8O6/c1-11(30)17(21(34)35)28-19(32)16-3-2-4-29(16)20(33)15(6-13-8-24-10-26-13)27-18(31)14(22)5-12-7-23-9-25-12/h7-11,14-17,30H,2-6,22H2,1H3,(H,23,25)(H,24,26)(H,27,31)(H,28,32)(H,34,35). The summed E-state index contributed by atoms with van der Waals surface area (Å²) in [4.78, 5) is 65.4. The molecule has 0 aliphatic carbocycles. The fourth-order valence-electron chi connectivity index (χ4n) is 3.96. The van der Waals surface area contributed by atoms with Gasteiger partial charge in [-0.15, -0.1) is 0 Å². The van der Waals surface area contributed by atoms with Crippen LogP contribution >= 0.6 is 0 Å². The van der Waals surface area contributed by atoms with Gasteiger partial charge in [-0.1, -0.05) is 0 Å². The van der Waals surface area contributed by atoms with Crippen LogP contribution in [0.5, 0.6) is 0 Å². The summed E-state index contributed by atoms with van der Waals surface area (Å²) in [5.74, 6) is -3.15. The molecule has 3 amide bonds. The lowest BCUT2D eigenvalue weighted by Gasteiger charge is -2.30. The number of aromatic nitrogens is 4. The summed E-state index contributed by atoms with van der Waals surface area (Å²) in [6.45, 7) is 1.50. The van der Waals surface area contributed by atoms with Gasteiger partial charge in [-0.3, -0.25) is 14.4 Å². The second kappa shape index (κ2) is 11.6. The van der Waals surface area contributed by atoms with E-state index in [2.05, 4.69) is 30.6 Å². The van der Waals surface area contributed by atoms with Gasteiger partial charge in [0.05, 0.1) is 24.8 Å². The molecule has 1 aliphatic heterocycles. The van der Waals surface area contributed by atoms with E-state index in [1.54, 1.807) is 6.20 Å². The number of carbonyl (C=O) groups excluding carboxylic acids is 3. The van der Waals surface area contributed by atoms with E-state index in [1.807, 2.05) is 0 Å². The summed E-state index contributed by atoms with van der Waals surface area (Å²) in [7, 11) is 0. The van der Waals surface area contributed by atoms with Crippen LogP contribution in [0.4, 0.5) is 0 Å². The number of rotatable bonds is 11. The molecule has 1 aliphatic rings. The molecule has 3 rings (SSSR count). The number of aliphatic carboxylic acids is 1. The minimum absolute atomic E-state index is 0.0810. The first kappa shape index (κ1) is 25.8. The summed E-state index contributed by atoms with van der Waals surface area (Å²) >= 11 is 0. The van der Waals surface area contributed by atoms with Gasteiger partial charge in [-0.05, 0) is 19.8 Å². The molecule has 14 heteroatoms. The number of carboxylic acids is 1. The molecule has 0 bridgehead atoms. The number of aliphatic hydroxyl groups excluding tert-OH is 1. The van der Waals surface area contributed by atoms with E-state index >= 15 is 0 Å². The molecule has 14 nitrogen and oxygen atoms in total. The second-order valence-corrected chi connectivity index (χ2v) is 8.48. The third-order valence-corrected chi connectivity index (χ3v) is 5.81. The van der Waals surface area contributed by atoms with E-state index in [-0.39, 0.29) is 19.4 Å². The van der Waals surface area contributed by atoms with Crippen LogP contribution in [0.2, 0.25) is 0 Å². The van der Waals surface area contributed by atoms with Gasteiger partial charge in [0.2, 0.25) is 17.7 Å². The van der Waals surface area contributed by atoms with Crippen molar-refractivity contribution in [1.29, 1.82) is 0 Å². The highest BCUT2D eigenvalue weighted by molar-refractivity contribution is 5.94. The summed E-state index contributed by atoms with van der Waals surface area (Å²) in [5, 5.41) is 23.9. The molecule has 190 valence electrons. The summed E-state index contributed by atoms with van der Waals surface area (Å²) in [6, 6.07) is -4.45. The van der Waals surface area contributed by atoms with Crippen LogP contribution in [0.25, 0.3) is 0 Å². The maximum Gasteiger partial charge on any atom is 0.328 e. The minimum atomic E-state index is -1.51. The Bertz CT molecular complexity index is 1010. The first-order valence-electron chi connectivity index (χ1n) is 11.2. The van der Waals surface area contributed by atoms with Crippen molar-refractivity contribution in [1.82, 2.24) is 35.5 Å². The molecule has 8 N–H and O–H groups in total. The zero-order valence-corrected chi connectivity index (χ0v) is 19.2. The smallest absolute Gasteiger partial charge is 0.328 e. The predicted molar refractivity (Wildman–Crippen MR) is 120 cm³/mol. The third-order valence-electron chi connectivity index (χ3n) is 5.81. The van der Waals surface area contributed by atoms with Crippen molar-refractivity contribution in [3.8, 4) is 0 Å². The molecule has 35 heavy (non-hydrogen) atoms. The van der Waals surface area contributed by atoms with Crippen LogP contribution in [0, 0.1) is 0 Å². The molecular formula is C21H30N8O6. The van der Waals surface area contributed by atoms with Crippen molar-refractivity contribution in [2.45, 2.75) is 62.9 Å². The highest BCUT2D eigenvalue weighted by Crippen LogP contribution is 2.20. The van der Waals surface area contributed by atoms with Gasteiger partial charge in [-0.25, -0.2) is 14.8 Å². The number of nitrogens with zero attached hydrogens (tertiary/aromatic N) is 3. The van der Waals surface area contributed by atoms with Crippen molar-refractivity contribution in [3.05, 3.63) is 36.4 Å². The van der Waals surface area contributed by atoms with E-state index in [1.165, 1.54) is 30.7 Å². The first-order valence-corrected chi connectivity index (χ1v) is 11.2. The maximum atomic E-state index is 13.5. The van der Waals surface area contributed by atoms with Crippen LogP contribution in [-0.4, -0.2) is 95.6 Å². The van der Waals surface area contributed by atoms with E-state index < -0.39 is 54.0 Å². The van der Waals surface area contributed by atoms with Crippen LogP contribution < -0.4 is 16.4 Å². The molecular weight excluding hydrogens is 460 g/mol. The number of imidazole rings is 2. The number of likely N-dealkylation sites (tertiary alicyclic amines) is 1. The number of hydrogen-bond acceptors (Lipinski definition) is 8. The Labute approximate surface area is 200 Å². The third kappa shape index (κ3) is 6.64. The number of nitrogens with two attached hydrogens (primary N) is 1. The van der Waals surface area contributed by atoms with Crippen LogP contribution in [0.15, 0.2) is 25.0 Å². The Kier molecular flexibility index (Phi) is 8.54. The summed E-state index contributed by atoms with van der Waals surface area (Å²) in [5.41, 5.74) is 7.27. The molecule has 0 radical (unpaired) electrons. The number of aliphatic hydroxyl groups is 1. The number of hydrogen-bond donors (Lipinski definition) is 7. The molecule has 3 heterocycles. The normalized spacial score (nSPS) is 18.9. The van der Waals surface area contributed by atoms with E-state index in [9.17, 15) is 29.4 Å². The van der Waals surface area contributed by atoms with E-state index in [4.69, 9.17) is 5.73 Å². The Balaban J connectivity index is 1.73. The molecule has 0 saturated carbocycles. The molecule has 1 saturated heterocycles. The molecule has 5 unspecified atom stereocenters. The number of H-pyrrole nitrogens is 2. The van der Waals surface area contributed by atoms with Crippen molar-refractivity contribution >= 4 is 23.7 Å². The van der Waals surface area contributed by atoms with Gasteiger partial charge < -0.3 is 41.4 Å². The van der Waals surface area contributed by atoms with Crippen molar-refractivity contribution in [2.24, 2.45) is 5.73 Å². The van der Waals surface area contributed by atoms with Crippen LogP contribution in [-0.2, 0) is 32.0 Å². The minimum Gasteiger partial charge on any atom is -0.480 e. The van der Waals surface area contributed by atoms with Crippen molar-refractivity contribution < 1.29 is 29.4 Å². The van der Waals surface area contributed by atoms with Gasteiger partial charge in [0, 0.05) is 43.2 Å². The fourth-order valence-corrected chi connectivity index (χ4v) is 3.96. The predicted octanol–water partition coefficient (Wildman–Crippen LogP) is -2.33. The lowest BCUT2D eigenvalue weighted by molar-refractivity contribution is -0.147. The van der Waals surface area contributed by atoms with Gasteiger partial charge in [0.25, 0.3) is 0 Å². The Hall–Kier alpha value is -3.78. The molecule has 1 fully saturated rings. The highest BCUT2D eigenvalue weighted by atomic mass is 16.4. The van der Waals surface area contributed by atoms with Gasteiger partial charge in [0.1, 0.15) is 12.1 Å². The highest BCUT2D eigenvalue weighted by Gasteiger charge is 2.39. The number of carbonyl (C=O) groups is 4. The van der Waals surface area contributed by atoms with Crippen molar-refractivity contribution in [2.75, 3.05) is 6.54 Å². The Morgan fingerprint density at radius 1 is 1.14 bits per heavy atom. The number of nitrogens with one attached hydrogen (secondary N) is 4. The van der Waals surface area contributed by atoms with Gasteiger partial charge in [0.15, 0.2) is 6.04 Å². The van der Waals surface area contributed by atoms with Gasteiger partial charge >= 0.3 is 5.97 Å². The second-order valence-electron chi connectivity index (χ2n) is 8.48. The lowest BCUT2D eigenvalue weighted by Crippen LogP contribution is -2.58. The van der Waals surface area contributed by atoms with Crippen LogP contribution in [0.3, 0.4) is 0 Å². The fraction of sp³-hybridized carbons (Fsp3) is 0.524. The number of amides is 3. The molecule has 0 spiro atoms. The number of carboxylic acid groups (broad SMARTS) is 1. The summed E-state index contributed by atoms with van der Waals surface area (Å²) in [6.07, 6.45) is 5.74. The Morgan fingerprint density at radius 2 is 1.77 bits per heavy atom. The van der Waals surface area contributed by atoms with Crippen molar-refractivity contribution in [3.63, 3.8) is 0 Å². The zero-order valence-electron chi connectivity index (χ0n) is 19.2. The molecule has 2 aromatic heterocycles. The largest absolute Gasteiger partial charge is 0.480 e. The van der Waals surface area contributed by atoms with E-state index in [0.29, 0.717) is 24.2 Å². The van der Waals surface area contributed by atoms with Gasteiger partial charge in [-0.2, -0.15) is 0 Å². The topological polar surface area (TPSA) is 219 Å². The molecule has 5 atom stereocenters. The number of aromatic amines is 2. The lowest BCUT2D eigenvalue weighted by atomic mass is 10.1. The monoisotopic (exact) mass is 490 g/mol. The average Bonchev–Trinajstić information content (AvgIpc) is 3.58. The summed E-state index contributed by atoms with van der Waals surface area (Å²) < 4.78 is 0. The van der Waals surface area contributed by atoms with E-state index in [0.717, 1.165) is 0 Å². The first-order chi connectivity index (χ1) is 16.7. The maximum absolute atomic E-state index is 13.5. The average molecular weight is 491 g/mol. The SMILES string of the molecule is CC(O)C(NC(=O)C1CCCN1C(=O)C(Cc1cnc[nH]1)NC(=O)C(N)Cc1cnc[nH]1)C(=O)O. The molecule has 0 aromatic carbocycles. The zero-order chi connectivity index (χ0) is 25.5. The quantitative estimate of drug-likeness (QED) is 0.179.